The van der Waals surface area contributed by atoms with Crippen LogP contribution < -0.4 is 10.1 Å². The van der Waals surface area contributed by atoms with Crippen molar-refractivity contribution in [2.75, 3.05) is 12.4 Å². The van der Waals surface area contributed by atoms with Gasteiger partial charge in [-0.3, -0.25) is 4.79 Å². The van der Waals surface area contributed by atoms with Gasteiger partial charge in [-0.1, -0.05) is 11.6 Å². The summed E-state index contributed by atoms with van der Waals surface area (Å²) < 4.78 is 6.98. The number of hydrogen-bond acceptors (Lipinski definition) is 3. The van der Waals surface area contributed by atoms with Crippen LogP contribution in [0.3, 0.4) is 0 Å². The number of carboxylic acid groups (broad SMARTS) is 1. The number of aromatic nitrogens is 1. The van der Waals surface area contributed by atoms with Gasteiger partial charge in [-0.25, -0.2) is 4.79 Å². The molecule has 0 aliphatic heterocycles. The summed E-state index contributed by atoms with van der Waals surface area (Å²) in [6.45, 7) is 0. The van der Waals surface area contributed by atoms with Crippen molar-refractivity contribution in [2.45, 2.75) is 0 Å². The molecular weight excluding hydrogens is 356 g/mol. The molecule has 1 aromatic heterocycles. The number of hydrogen-bond donors (Lipinski definition) is 2. The van der Waals surface area contributed by atoms with Gasteiger partial charge in [0.2, 0.25) is 0 Å². The number of amides is 1. The van der Waals surface area contributed by atoms with Crippen LogP contribution in [0, 0.1) is 0 Å². The van der Waals surface area contributed by atoms with Crippen LogP contribution in [0.15, 0.2) is 60.9 Å². The molecule has 0 saturated heterocycles. The zero-order valence-electron chi connectivity index (χ0n) is 13.8. The average molecular weight is 371 g/mol. The molecule has 0 atom stereocenters. The highest BCUT2D eigenvalue weighted by Gasteiger charge is 2.16. The summed E-state index contributed by atoms with van der Waals surface area (Å²) in [5, 5.41) is 11.9. The lowest BCUT2D eigenvalue weighted by molar-refractivity contribution is 0.0693. The number of carbonyl (C=O) groups excluding carboxylic acids is 1. The van der Waals surface area contributed by atoms with E-state index in [-0.39, 0.29) is 27.9 Å². The normalized spacial score (nSPS) is 10.4. The third-order valence-corrected chi connectivity index (χ3v) is 4.11. The maximum atomic E-state index is 12.4. The van der Waals surface area contributed by atoms with Crippen molar-refractivity contribution in [1.29, 1.82) is 0 Å². The number of carboxylic acids is 1. The van der Waals surface area contributed by atoms with Crippen molar-refractivity contribution in [3.63, 3.8) is 0 Å². The van der Waals surface area contributed by atoms with E-state index in [0.29, 0.717) is 5.56 Å². The number of nitrogens with one attached hydrogen (secondary N) is 1. The van der Waals surface area contributed by atoms with Crippen molar-refractivity contribution in [1.82, 2.24) is 4.57 Å². The van der Waals surface area contributed by atoms with E-state index in [1.54, 1.807) is 12.1 Å². The summed E-state index contributed by atoms with van der Waals surface area (Å²) in [5.74, 6) is -1.42. The fourth-order valence-electron chi connectivity index (χ4n) is 2.47. The molecule has 7 heteroatoms. The number of carbonyl (C=O) groups is 2. The largest absolute Gasteiger partial charge is 0.496 e. The molecule has 0 aliphatic rings. The van der Waals surface area contributed by atoms with Crippen LogP contribution in [0.2, 0.25) is 5.02 Å². The number of benzene rings is 2. The summed E-state index contributed by atoms with van der Waals surface area (Å²) in [6.07, 6.45) is 3.82. The van der Waals surface area contributed by atoms with E-state index >= 15 is 0 Å². The Morgan fingerprint density at radius 2 is 1.77 bits per heavy atom. The molecule has 1 heterocycles. The lowest BCUT2D eigenvalue weighted by Crippen LogP contribution is -2.13. The molecule has 26 heavy (non-hydrogen) atoms. The van der Waals surface area contributed by atoms with Gasteiger partial charge in [0.15, 0.2) is 0 Å². The van der Waals surface area contributed by atoms with Gasteiger partial charge >= 0.3 is 5.97 Å². The van der Waals surface area contributed by atoms with Crippen LogP contribution in [-0.2, 0) is 0 Å². The first kappa shape index (κ1) is 17.6. The van der Waals surface area contributed by atoms with E-state index in [4.69, 9.17) is 21.4 Å². The first-order chi connectivity index (χ1) is 12.5. The minimum absolute atomic E-state index is 0.0772. The summed E-state index contributed by atoms with van der Waals surface area (Å²) in [5.41, 5.74) is 1.56. The van der Waals surface area contributed by atoms with Crippen molar-refractivity contribution in [3.8, 4) is 11.4 Å². The second-order valence-corrected chi connectivity index (χ2v) is 5.84. The van der Waals surface area contributed by atoms with Gasteiger partial charge in [0, 0.05) is 29.7 Å². The van der Waals surface area contributed by atoms with Crippen LogP contribution in [0.4, 0.5) is 5.69 Å². The van der Waals surface area contributed by atoms with Crippen molar-refractivity contribution in [2.24, 2.45) is 0 Å². The maximum absolute atomic E-state index is 12.4. The molecule has 0 bridgehead atoms. The lowest BCUT2D eigenvalue weighted by Gasteiger charge is -2.12. The third kappa shape index (κ3) is 3.55. The Morgan fingerprint density at radius 1 is 1.12 bits per heavy atom. The average Bonchev–Trinajstić information content (AvgIpc) is 3.17. The van der Waals surface area contributed by atoms with Crippen LogP contribution in [-0.4, -0.2) is 28.7 Å². The minimum atomic E-state index is -1.16. The minimum Gasteiger partial charge on any atom is -0.496 e. The number of halogens is 1. The van der Waals surface area contributed by atoms with Gasteiger partial charge in [-0.2, -0.15) is 0 Å². The van der Waals surface area contributed by atoms with Gasteiger partial charge in [-0.05, 0) is 42.5 Å². The van der Waals surface area contributed by atoms with Crippen molar-refractivity contribution < 1.29 is 19.4 Å². The Labute approximate surface area is 154 Å². The van der Waals surface area contributed by atoms with Crippen molar-refractivity contribution >= 4 is 29.2 Å². The number of methoxy groups -OCH3 is 1. The highest BCUT2D eigenvalue weighted by atomic mass is 35.5. The number of ether oxygens (including phenoxy) is 1. The topological polar surface area (TPSA) is 80.6 Å². The molecular formula is C19H15ClN2O4. The second-order valence-electron chi connectivity index (χ2n) is 5.43. The third-order valence-electron chi connectivity index (χ3n) is 3.80. The van der Waals surface area contributed by atoms with E-state index in [0.717, 1.165) is 5.69 Å². The van der Waals surface area contributed by atoms with E-state index in [1.165, 1.54) is 19.2 Å². The number of aromatic carboxylic acids is 1. The summed E-state index contributed by atoms with van der Waals surface area (Å²) in [6, 6.07) is 13.5. The molecule has 2 N–H and O–H groups in total. The maximum Gasteiger partial charge on any atom is 0.339 e. The molecule has 0 spiro atoms. The Morgan fingerprint density at radius 3 is 2.35 bits per heavy atom. The molecule has 1 amide bonds. The quantitative estimate of drug-likeness (QED) is 0.708. The van der Waals surface area contributed by atoms with Crippen LogP contribution in [0.1, 0.15) is 20.7 Å². The number of nitrogens with zero attached hydrogens (tertiary/aromatic N) is 1. The van der Waals surface area contributed by atoms with Gasteiger partial charge in [0.05, 0.1) is 17.8 Å². The molecule has 0 saturated carbocycles. The highest BCUT2D eigenvalue weighted by molar-refractivity contribution is 6.34. The van der Waals surface area contributed by atoms with Crippen LogP contribution in [0.25, 0.3) is 5.69 Å². The lowest BCUT2D eigenvalue weighted by atomic mass is 10.1. The van der Waals surface area contributed by atoms with Gasteiger partial charge in [0.25, 0.3) is 5.91 Å². The molecule has 132 valence electrons. The highest BCUT2D eigenvalue weighted by Crippen LogP contribution is 2.31. The first-order valence-corrected chi connectivity index (χ1v) is 8.03. The zero-order chi connectivity index (χ0) is 18.7. The molecule has 0 radical (unpaired) electrons. The molecule has 6 nitrogen and oxygen atoms in total. The molecule has 0 fully saturated rings. The number of rotatable bonds is 5. The van der Waals surface area contributed by atoms with E-state index in [9.17, 15) is 9.59 Å². The van der Waals surface area contributed by atoms with Crippen LogP contribution >= 0.6 is 11.6 Å². The Bertz CT molecular complexity index is 950. The predicted molar refractivity (Wildman–Crippen MR) is 98.7 cm³/mol. The van der Waals surface area contributed by atoms with E-state index in [2.05, 4.69) is 5.32 Å². The molecule has 3 aromatic rings. The number of anilines is 1. The Balaban J connectivity index is 1.82. The first-order valence-electron chi connectivity index (χ1n) is 7.65. The molecule has 0 unspecified atom stereocenters. The fraction of sp³-hybridized carbons (Fsp3) is 0.0526. The SMILES string of the molecule is COc1cc(NC(=O)c2ccc(-n3cccc3)cc2)c(Cl)cc1C(=O)O. The monoisotopic (exact) mass is 370 g/mol. The zero-order valence-corrected chi connectivity index (χ0v) is 14.5. The standard InChI is InChI=1S/C19H15ClN2O4/c1-26-17-11-16(15(20)10-14(17)19(24)25)21-18(23)12-4-6-13(7-5-12)22-8-2-3-9-22/h2-11H,1H3,(H,21,23)(H,24,25). The van der Waals surface area contributed by atoms with Gasteiger partial charge in [0.1, 0.15) is 11.3 Å². The summed E-state index contributed by atoms with van der Waals surface area (Å²) in [4.78, 5) is 23.6. The smallest absolute Gasteiger partial charge is 0.339 e. The molecule has 2 aromatic carbocycles. The molecule has 3 rings (SSSR count). The summed E-state index contributed by atoms with van der Waals surface area (Å²) in [7, 11) is 1.35. The van der Waals surface area contributed by atoms with E-state index < -0.39 is 5.97 Å². The fourth-order valence-corrected chi connectivity index (χ4v) is 2.68. The summed E-state index contributed by atoms with van der Waals surface area (Å²) >= 11 is 6.09. The molecule has 0 aliphatic carbocycles. The second kappa shape index (κ2) is 7.33. The van der Waals surface area contributed by atoms with Crippen LogP contribution in [0.5, 0.6) is 5.75 Å². The Kier molecular flexibility index (Phi) is 4.95. The Hall–Kier alpha value is -3.25. The van der Waals surface area contributed by atoms with Crippen molar-refractivity contribution in [3.05, 3.63) is 77.1 Å². The van der Waals surface area contributed by atoms with Gasteiger partial charge in [-0.15, -0.1) is 0 Å². The predicted octanol–water partition coefficient (Wildman–Crippen LogP) is 4.09. The van der Waals surface area contributed by atoms with Gasteiger partial charge < -0.3 is 19.7 Å². The van der Waals surface area contributed by atoms with E-state index in [1.807, 2.05) is 41.2 Å².